The van der Waals surface area contributed by atoms with Crippen molar-refractivity contribution >= 4 is 45.1 Å². The van der Waals surface area contributed by atoms with Crippen LogP contribution in [-0.2, 0) is 9.53 Å². The van der Waals surface area contributed by atoms with E-state index in [1.807, 2.05) is 0 Å². The minimum Gasteiger partial charge on any atom is -0.497 e. The van der Waals surface area contributed by atoms with Gasteiger partial charge in [0.2, 0.25) is 0 Å². The number of benzene rings is 2. The molecule has 0 aromatic heterocycles. The Morgan fingerprint density at radius 1 is 0.968 bits per heavy atom. The molecule has 2 aromatic carbocycles. The summed E-state index contributed by atoms with van der Waals surface area (Å²) in [5.41, 5.74) is 5.07. The number of carbonyl (C=O) groups is 2. The molecule has 9 nitrogen and oxygen atoms in total. The molecule has 3 N–H and O–H groups in total. The average molecular weight is 512 g/mol. The van der Waals surface area contributed by atoms with Crippen LogP contribution in [0.15, 0.2) is 46.9 Å². The molecule has 166 valence electrons. The predicted molar refractivity (Wildman–Crippen MR) is 121 cm³/mol. The molecular weight excluding hydrogens is 490 g/mol. The molecule has 31 heavy (non-hydrogen) atoms. The van der Waals surface area contributed by atoms with E-state index < -0.39 is 11.8 Å². The van der Waals surface area contributed by atoms with Crippen LogP contribution in [0.25, 0.3) is 0 Å². The monoisotopic (exact) mass is 511 g/mol. The second-order valence-electron chi connectivity index (χ2n) is 5.90. The highest BCUT2D eigenvalue weighted by atomic mass is 79.9. The highest BCUT2D eigenvalue weighted by molar-refractivity contribution is 9.10. The van der Waals surface area contributed by atoms with Crippen LogP contribution >= 0.6 is 28.1 Å². The molecule has 0 saturated heterocycles. The van der Waals surface area contributed by atoms with Gasteiger partial charge in [0.25, 0.3) is 11.8 Å². The van der Waals surface area contributed by atoms with E-state index in [4.69, 9.17) is 31.2 Å². The molecule has 0 spiro atoms. The first-order valence-corrected chi connectivity index (χ1v) is 10.2. The third-order valence-corrected chi connectivity index (χ3v) is 4.40. The lowest BCUT2D eigenvalue weighted by molar-refractivity contribution is -0.123. The smallest absolute Gasteiger partial charge is 0.276 e. The van der Waals surface area contributed by atoms with Gasteiger partial charge in [0.15, 0.2) is 11.7 Å². The quantitative estimate of drug-likeness (QED) is 0.267. The van der Waals surface area contributed by atoms with Gasteiger partial charge in [-0.25, -0.2) is 0 Å². The third kappa shape index (κ3) is 8.40. The topological polar surface area (TPSA) is 107 Å². The molecule has 0 radical (unpaired) electrons. The first kappa shape index (κ1) is 24.4. The van der Waals surface area contributed by atoms with Crippen LogP contribution in [0.5, 0.6) is 17.2 Å². The van der Waals surface area contributed by atoms with Gasteiger partial charge in [-0.1, -0.05) is 15.9 Å². The fourth-order valence-electron chi connectivity index (χ4n) is 2.23. The third-order valence-electron chi connectivity index (χ3n) is 3.70. The number of hydrogen-bond acceptors (Lipinski definition) is 7. The molecule has 0 aliphatic rings. The zero-order valence-corrected chi connectivity index (χ0v) is 19.3. The lowest BCUT2D eigenvalue weighted by Crippen LogP contribution is -2.49. The standard InChI is InChI=1S/C20H22BrN3O6S/c1-27-9-10-29-17-8-3-13(21)11-16(17)19(26)22-20(31)24-23-18(25)12-30-15-6-4-14(28-2)5-7-15/h3-8,11H,9-10,12H2,1-2H3,(H,23,25)(H2,22,24,26,31). The maximum Gasteiger partial charge on any atom is 0.276 e. The van der Waals surface area contributed by atoms with E-state index in [1.54, 1.807) is 56.7 Å². The van der Waals surface area contributed by atoms with Gasteiger partial charge < -0.3 is 18.9 Å². The van der Waals surface area contributed by atoms with Crippen molar-refractivity contribution in [1.29, 1.82) is 0 Å². The first-order valence-electron chi connectivity index (χ1n) is 9.01. The van der Waals surface area contributed by atoms with E-state index in [1.165, 1.54) is 0 Å². The average Bonchev–Trinajstić information content (AvgIpc) is 2.77. The van der Waals surface area contributed by atoms with Crippen molar-refractivity contribution in [2.24, 2.45) is 0 Å². The van der Waals surface area contributed by atoms with Crippen molar-refractivity contribution < 1.29 is 28.5 Å². The molecule has 0 heterocycles. The van der Waals surface area contributed by atoms with Gasteiger partial charge in [-0.05, 0) is 54.7 Å². The molecule has 0 bridgehead atoms. The molecule has 0 fully saturated rings. The summed E-state index contributed by atoms with van der Waals surface area (Å²) in [7, 11) is 3.11. The van der Waals surface area contributed by atoms with E-state index in [0.29, 0.717) is 28.3 Å². The van der Waals surface area contributed by atoms with Crippen molar-refractivity contribution in [3.05, 3.63) is 52.5 Å². The minimum absolute atomic E-state index is 0.0920. The zero-order chi connectivity index (χ0) is 22.6. The summed E-state index contributed by atoms with van der Waals surface area (Å²) in [5, 5.41) is 2.38. The van der Waals surface area contributed by atoms with Crippen LogP contribution in [0.2, 0.25) is 0 Å². The van der Waals surface area contributed by atoms with Crippen LogP contribution in [0.1, 0.15) is 10.4 Å². The van der Waals surface area contributed by atoms with E-state index in [0.717, 1.165) is 0 Å². The number of halogens is 1. The first-order chi connectivity index (χ1) is 14.9. The number of hydrogen-bond donors (Lipinski definition) is 3. The van der Waals surface area contributed by atoms with Crippen molar-refractivity contribution in [2.45, 2.75) is 0 Å². The Morgan fingerprint density at radius 2 is 1.68 bits per heavy atom. The Morgan fingerprint density at radius 3 is 2.35 bits per heavy atom. The Hall–Kier alpha value is -2.89. The summed E-state index contributed by atoms with van der Waals surface area (Å²) in [6.45, 7) is 0.409. The number of rotatable bonds is 9. The molecule has 2 aromatic rings. The molecule has 0 aliphatic heterocycles. The molecule has 0 unspecified atom stereocenters. The van der Waals surface area contributed by atoms with Crippen LogP contribution in [-0.4, -0.2) is 51.0 Å². The van der Waals surface area contributed by atoms with E-state index in [9.17, 15) is 9.59 Å². The maximum atomic E-state index is 12.6. The van der Waals surface area contributed by atoms with Crippen molar-refractivity contribution in [1.82, 2.24) is 16.2 Å². The Kier molecular flexibility index (Phi) is 10.0. The Labute approximate surface area is 193 Å². The molecule has 2 rings (SSSR count). The van der Waals surface area contributed by atoms with Crippen LogP contribution in [0.4, 0.5) is 0 Å². The molecular formula is C20H22BrN3O6S. The van der Waals surface area contributed by atoms with Gasteiger partial charge in [0.1, 0.15) is 23.9 Å². The summed E-state index contributed by atoms with van der Waals surface area (Å²) >= 11 is 8.37. The van der Waals surface area contributed by atoms with E-state index in [-0.39, 0.29) is 23.9 Å². The number of hydrazine groups is 1. The molecule has 0 aliphatic carbocycles. The van der Waals surface area contributed by atoms with Crippen molar-refractivity contribution in [3.63, 3.8) is 0 Å². The molecule has 0 saturated carbocycles. The maximum absolute atomic E-state index is 12.6. The van der Waals surface area contributed by atoms with Gasteiger partial charge in [-0.3, -0.25) is 25.8 Å². The number of methoxy groups -OCH3 is 2. The zero-order valence-electron chi connectivity index (χ0n) is 16.9. The normalized spacial score (nSPS) is 10.0. The fourth-order valence-corrected chi connectivity index (χ4v) is 2.73. The number of thiocarbonyl (C=S) groups is 1. The molecule has 2 amide bonds. The highest BCUT2D eigenvalue weighted by Gasteiger charge is 2.15. The number of ether oxygens (including phenoxy) is 4. The summed E-state index contributed by atoms with van der Waals surface area (Å²) in [5.74, 6) is 0.561. The Balaban J connectivity index is 1.81. The van der Waals surface area contributed by atoms with Gasteiger partial charge >= 0.3 is 0 Å². The van der Waals surface area contributed by atoms with Crippen LogP contribution in [0, 0.1) is 0 Å². The largest absolute Gasteiger partial charge is 0.497 e. The summed E-state index contributed by atoms with van der Waals surface area (Å²) in [6, 6.07) is 11.8. The van der Waals surface area contributed by atoms with Gasteiger partial charge in [0.05, 0.1) is 19.3 Å². The summed E-state index contributed by atoms with van der Waals surface area (Å²) < 4.78 is 21.6. The molecule has 0 atom stereocenters. The predicted octanol–water partition coefficient (Wildman–Crippen LogP) is 2.20. The van der Waals surface area contributed by atoms with E-state index >= 15 is 0 Å². The summed E-state index contributed by atoms with van der Waals surface area (Å²) in [6.07, 6.45) is 0. The second-order valence-corrected chi connectivity index (χ2v) is 7.23. The number of nitrogens with one attached hydrogen (secondary N) is 3. The van der Waals surface area contributed by atoms with Crippen LogP contribution in [0.3, 0.4) is 0 Å². The fraction of sp³-hybridized carbons (Fsp3) is 0.250. The summed E-state index contributed by atoms with van der Waals surface area (Å²) in [4.78, 5) is 24.5. The van der Waals surface area contributed by atoms with Crippen LogP contribution < -0.4 is 30.4 Å². The van der Waals surface area contributed by atoms with Gasteiger partial charge in [0, 0.05) is 11.6 Å². The second kappa shape index (κ2) is 12.7. The van der Waals surface area contributed by atoms with Crippen molar-refractivity contribution in [2.75, 3.05) is 34.0 Å². The van der Waals surface area contributed by atoms with E-state index in [2.05, 4.69) is 32.1 Å². The molecule has 11 heteroatoms. The number of amides is 2. The lowest BCUT2D eigenvalue weighted by atomic mass is 10.2. The number of carbonyl (C=O) groups excluding carboxylic acids is 2. The highest BCUT2D eigenvalue weighted by Crippen LogP contribution is 2.23. The lowest BCUT2D eigenvalue weighted by Gasteiger charge is -2.14. The SMILES string of the molecule is COCCOc1ccc(Br)cc1C(=O)NC(=S)NNC(=O)COc1ccc(OC)cc1. The van der Waals surface area contributed by atoms with Gasteiger partial charge in [-0.15, -0.1) is 0 Å². The Bertz CT molecular complexity index is 910. The van der Waals surface area contributed by atoms with Gasteiger partial charge in [-0.2, -0.15) is 0 Å². The minimum atomic E-state index is -0.505. The van der Waals surface area contributed by atoms with Crippen molar-refractivity contribution in [3.8, 4) is 17.2 Å².